The van der Waals surface area contributed by atoms with Crippen LogP contribution in [0.3, 0.4) is 0 Å². The minimum Gasteiger partial charge on any atom is -0.375 e. The number of ketones is 1. The van der Waals surface area contributed by atoms with E-state index >= 15 is 0 Å². The molecule has 0 aromatic heterocycles. The van der Waals surface area contributed by atoms with Crippen LogP contribution in [-0.2, 0) is 9.53 Å². The van der Waals surface area contributed by atoms with E-state index in [0.717, 1.165) is 32.5 Å². The summed E-state index contributed by atoms with van der Waals surface area (Å²) in [7, 11) is 0. The number of Topliss-reactive ketones (excluding diaryl/α,β-unsaturated/α-hetero) is 1. The van der Waals surface area contributed by atoms with Crippen molar-refractivity contribution in [2.45, 2.75) is 64.5 Å². The Balaban J connectivity index is 1.64. The molecular weight excluding hydrogens is 238 g/mol. The van der Waals surface area contributed by atoms with E-state index in [1.165, 1.54) is 25.7 Å². The van der Waals surface area contributed by atoms with Gasteiger partial charge in [-0.05, 0) is 25.7 Å². The molecule has 0 aromatic rings. The first kappa shape index (κ1) is 13.6. The molecule has 1 heterocycles. The lowest BCUT2D eigenvalue weighted by Crippen LogP contribution is -2.54. The van der Waals surface area contributed by atoms with Crippen molar-refractivity contribution in [3.63, 3.8) is 0 Å². The van der Waals surface area contributed by atoms with E-state index in [4.69, 9.17) is 4.74 Å². The molecule has 3 fully saturated rings. The molecule has 3 heteroatoms. The number of morpholine rings is 1. The maximum atomic E-state index is 12.4. The van der Waals surface area contributed by atoms with Gasteiger partial charge in [-0.1, -0.05) is 26.7 Å². The van der Waals surface area contributed by atoms with Crippen LogP contribution in [0.25, 0.3) is 0 Å². The molecule has 2 saturated carbocycles. The fraction of sp³-hybridized carbons (Fsp3) is 0.938. The largest absolute Gasteiger partial charge is 0.375 e. The van der Waals surface area contributed by atoms with Gasteiger partial charge in [-0.25, -0.2) is 0 Å². The Labute approximate surface area is 116 Å². The maximum Gasteiger partial charge on any atom is 0.142 e. The first-order chi connectivity index (χ1) is 9.08. The standard InChI is InChI=1S/C16H27NO2/c1-16(2)8-7-12(15(16)18)11-17-9-10-19-14-6-4-3-5-13(14)17/h12-14H,3-11H2,1-2H3. The fourth-order valence-corrected chi connectivity index (χ4v) is 4.20. The Kier molecular flexibility index (Phi) is 3.69. The van der Waals surface area contributed by atoms with E-state index < -0.39 is 0 Å². The summed E-state index contributed by atoms with van der Waals surface area (Å²) in [6.07, 6.45) is 7.69. The van der Waals surface area contributed by atoms with Gasteiger partial charge in [-0.3, -0.25) is 9.69 Å². The van der Waals surface area contributed by atoms with Gasteiger partial charge < -0.3 is 4.74 Å². The molecule has 3 unspecified atom stereocenters. The van der Waals surface area contributed by atoms with E-state index in [9.17, 15) is 4.79 Å². The second-order valence-electron chi connectivity index (χ2n) is 7.24. The van der Waals surface area contributed by atoms with E-state index in [1.807, 2.05) is 0 Å². The SMILES string of the molecule is CC1(C)CCC(CN2CCOC3CCCCC32)C1=O. The van der Waals surface area contributed by atoms with E-state index in [1.54, 1.807) is 0 Å². The predicted octanol–water partition coefficient (Wildman–Crippen LogP) is 2.64. The number of ether oxygens (including phenoxy) is 1. The highest BCUT2D eigenvalue weighted by Gasteiger charge is 2.43. The zero-order valence-corrected chi connectivity index (χ0v) is 12.4. The molecule has 0 N–H and O–H groups in total. The zero-order chi connectivity index (χ0) is 13.5. The summed E-state index contributed by atoms with van der Waals surface area (Å²) in [5.74, 6) is 0.766. The highest BCUT2D eigenvalue weighted by Crippen LogP contribution is 2.39. The molecule has 0 aromatic carbocycles. The number of rotatable bonds is 2. The van der Waals surface area contributed by atoms with Gasteiger partial charge in [0.2, 0.25) is 0 Å². The highest BCUT2D eigenvalue weighted by molar-refractivity contribution is 5.88. The van der Waals surface area contributed by atoms with Crippen molar-refractivity contribution in [2.24, 2.45) is 11.3 Å². The smallest absolute Gasteiger partial charge is 0.142 e. The third-order valence-electron chi connectivity index (χ3n) is 5.46. The zero-order valence-electron chi connectivity index (χ0n) is 12.4. The lowest BCUT2D eigenvalue weighted by molar-refractivity contribution is -0.130. The second-order valence-corrected chi connectivity index (χ2v) is 7.24. The summed E-state index contributed by atoms with van der Waals surface area (Å²) in [4.78, 5) is 15.0. The molecule has 3 aliphatic rings. The summed E-state index contributed by atoms with van der Waals surface area (Å²) in [6.45, 7) is 7.07. The number of hydrogen-bond acceptors (Lipinski definition) is 3. The van der Waals surface area contributed by atoms with Crippen LogP contribution in [0.1, 0.15) is 52.4 Å². The van der Waals surface area contributed by atoms with E-state index in [2.05, 4.69) is 18.7 Å². The quantitative estimate of drug-likeness (QED) is 0.768. The lowest BCUT2D eigenvalue weighted by Gasteiger charge is -2.44. The molecule has 1 aliphatic heterocycles. The Morgan fingerprint density at radius 2 is 2.05 bits per heavy atom. The molecule has 108 valence electrons. The fourth-order valence-electron chi connectivity index (χ4n) is 4.20. The molecule has 0 spiro atoms. The Bertz CT molecular complexity index is 351. The predicted molar refractivity (Wildman–Crippen MR) is 75.1 cm³/mol. The minimum atomic E-state index is -0.0804. The van der Waals surface area contributed by atoms with Crippen molar-refractivity contribution in [1.82, 2.24) is 4.90 Å². The van der Waals surface area contributed by atoms with Crippen molar-refractivity contribution in [3.8, 4) is 0 Å². The van der Waals surface area contributed by atoms with Gasteiger partial charge in [0.25, 0.3) is 0 Å². The van der Waals surface area contributed by atoms with Gasteiger partial charge in [-0.15, -0.1) is 0 Å². The van der Waals surface area contributed by atoms with Crippen LogP contribution in [-0.4, -0.2) is 42.5 Å². The Morgan fingerprint density at radius 1 is 1.26 bits per heavy atom. The summed E-state index contributed by atoms with van der Waals surface area (Å²) in [6, 6.07) is 0.582. The van der Waals surface area contributed by atoms with E-state index in [0.29, 0.717) is 17.9 Å². The van der Waals surface area contributed by atoms with Gasteiger partial charge in [0, 0.05) is 30.5 Å². The molecule has 1 saturated heterocycles. The first-order valence-corrected chi connectivity index (χ1v) is 7.98. The van der Waals surface area contributed by atoms with Crippen molar-refractivity contribution in [3.05, 3.63) is 0 Å². The molecular formula is C16H27NO2. The topological polar surface area (TPSA) is 29.5 Å². The van der Waals surface area contributed by atoms with E-state index in [-0.39, 0.29) is 11.3 Å². The average molecular weight is 265 g/mol. The van der Waals surface area contributed by atoms with Crippen LogP contribution in [0.5, 0.6) is 0 Å². The maximum absolute atomic E-state index is 12.4. The van der Waals surface area contributed by atoms with Crippen LogP contribution in [0.15, 0.2) is 0 Å². The Hall–Kier alpha value is -0.410. The van der Waals surface area contributed by atoms with Crippen molar-refractivity contribution in [1.29, 1.82) is 0 Å². The number of nitrogens with zero attached hydrogens (tertiary/aromatic N) is 1. The molecule has 2 aliphatic carbocycles. The molecule has 3 rings (SSSR count). The monoisotopic (exact) mass is 265 g/mol. The van der Waals surface area contributed by atoms with Gasteiger partial charge in [0.05, 0.1) is 12.7 Å². The van der Waals surface area contributed by atoms with Crippen LogP contribution in [0.4, 0.5) is 0 Å². The first-order valence-electron chi connectivity index (χ1n) is 7.98. The number of hydrogen-bond donors (Lipinski definition) is 0. The molecule has 0 radical (unpaired) electrons. The van der Waals surface area contributed by atoms with Crippen LogP contribution < -0.4 is 0 Å². The average Bonchev–Trinajstić information content (AvgIpc) is 2.66. The summed E-state index contributed by atoms with van der Waals surface area (Å²) < 4.78 is 5.92. The second kappa shape index (κ2) is 5.17. The molecule has 3 nitrogen and oxygen atoms in total. The third-order valence-corrected chi connectivity index (χ3v) is 5.46. The number of fused-ring (bicyclic) bond motifs is 1. The van der Waals surface area contributed by atoms with Crippen molar-refractivity contribution >= 4 is 5.78 Å². The van der Waals surface area contributed by atoms with Crippen molar-refractivity contribution in [2.75, 3.05) is 19.7 Å². The van der Waals surface area contributed by atoms with Gasteiger partial charge in [0.15, 0.2) is 0 Å². The normalized spacial score (nSPS) is 39.3. The molecule has 19 heavy (non-hydrogen) atoms. The molecule has 3 atom stereocenters. The summed E-state index contributed by atoms with van der Waals surface area (Å²) in [5.41, 5.74) is -0.0804. The Morgan fingerprint density at radius 3 is 2.79 bits per heavy atom. The number of carbonyl (C=O) groups excluding carboxylic acids is 1. The molecule has 0 amide bonds. The number of carbonyl (C=O) groups is 1. The third kappa shape index (κ3) is 2.59. The minimum absolute atomic E-state index is 0.0804. The van der Waals surface area contributed by atoms with Crippen LogP contribution >= 0.6 is 0 Å². The van der Waals surface area contributed by atoms with Gasteiger partial charge in [-0.2, -0.15) is 0 Å². The van der Waals surface area contributed by atoms with Crippen molar-refractivity contribution < 1.29 is 9.53 Å². The lowest BCUT2D eigenvalue weighted by atomic mass is 9.87. The highest BCUT2D eigenvalue weighted by atomic mass is 16.5. The molecule has 0 bridgehead atoms. The van der Waals surface area contributed by atoms with Crippen LogP contribution in [0, 0.1) is 11.3 Å². The summed E-state index contributed by atoms with van der Waals surface area (Å²) in [5, 5.41) is 0. The summed E-state index contributed by atoms with van der Waals surface area (Å²) >= 11 is 0. The van der Waals surface area contributed by atoms with Gasteiger partial charge >= 0.3 is 0 Å². The van der Waals surface area contributed by atoms with Crippen LogP contribution in [0.2, 0.25) is 0 Å². The van der Waals surface area contributed by atoms with Gasteiger partial charge in [0.1, 0.15) is 5.78 Å².